The maximum atomic E-state index is 12.7. The van der Waals surface area contributed by atoms with Crippen LogP contribution in [0.2, 0.25) is 0 Å². The summed E-state index contributed by atoms with van der Waals surface area (Å²) in [4.78, 5) is 13.4. The number of amides is 1. The Bertz CT molecular complexity index is 406. The predicted octanol–water partition coefficient (Wildman–Crippen LogP) is 2.21. The molecule has 20 heavy (non-hydrogen) atoms. The molecule has 1 N–H and O–H groups in total. The molecular weight excluding hydrogens is 261 g/mol. The molecule has 0 aliphatic heterocycles. The third-order valence-electron chi connectivity index (χ3n) is 2.93. The first kappa shape index (κ1) is 16.4. The molecule has 4 nitrogen and oxygen atoms in total. The normalized spacial score (nSPS) is 12.0. The van der Waals surface area contributed by atoms with Gasteiger partial charge in [-0.3, -0.25) is 4.79 Å². The van der Waals surface area contributed by atoms with E-state index in [0.29, 0.717) is 38.2 Å². The van der Waals surface area contributed by atoms with Gasteiger partial charge in [0.15, 0.2) is 0 Å². The van der Waals surface area contributed by atoms with Crippen LogP contribution in [-0.4, -0.2) is 42.2 Å². The fraction of sp³-hybridized carbons (Fsp3) is 0.533. The molecule has 112 valence electrons. The van der Waals surface area contributed by atoms with Crippen molar-refractivity contribution in [3.05, 3.63) is 30.1 Å². The first-order chi connectivity index (χ1) is 9.49. The van der Waals surface area contributed by atoms with Crippen LogP contribution in [0.25, 0.3) is 0 Å². The minimum absolute atomic E-state index is 0.0355. The summed E-state index contributed by atoms with van der Waals surface area (Å²) in [6.07, 6.45) is 1.19. The second kappa shape index (κ2) is 8.53. The highest BCUT2D eigenvalue weighted by Gasteiger charge is 2.09. The molecule has 1 aromatic rings. The molecular formula is C15H22FNO3. The maximum Gasteiger partial charge on any atom is 0.222 e. The van der Waals surface area contributed by atoms with Crippen LogP contribution in [-0.2, 0) is 4.79 Å². The summed E-state index contributed by atoms with van der Waals surface area (Å²) in [7, 11) is 1.73. The molecule has 0 saturated heterocycles. The van der Waals surface area contributed by atoms with E-state index in [4.69, 9.17) is 9.84 Å². The van der Waals surface area contributed by atoms with E-state index in [1.165, 1.54) is 12.1 Å². The zero-order valence-electron chi connectivity index (χ0n) is 12.0. The van der Waals surface area contributed by atoms with Crippen LogP contribution < -0.4 is 4.74 Å². The van der Waals surface area contributed by atoms with E-state index in [1.54, 1.807) is 31.0 Å². The molecule has 5 heteroatoms. The largest absolute Gasteiger partial charge is 0.494 e. The van der Waals surface area contributed by atoms with E-state index in [-0.39, 0.29) is 11.7 Å². The number of hydrogen-bond donors (Lipinski definition) is 1. The van der Waals surface area contributed by atoms with Crippen LogP contribution >= 0.6 is 0 Å². The molecule has 1 rings (SSSR count). The minimum Gasteiger partial charge on any atom is -0.494 e. The Morgan fingerprint density at radius 3 is 2.65 bits per heavy atom. The molecule has 1 unspecified atom stereocenters. The van der Waals surface area contributed by atoms with Gasteiger partial charge in [-0.2, -0.15) is 0 Å². The van der Waals surface area contributed by atoms with E-state index >= 15 is 0 Å². The molecule has 0 fully saturated rings. The Hall–Kier alpha value is -1.62. The Kier molecular flexibility index (Phi) is 7.01. The highest BCUT2D eigenvalue weighted by molar-refractivity contribution is 5.75. The van der Waals surface area contributed by atoms with Gasteiger partial charge in [0.25, 0.3) is 0 Å². The molecule has 0 spiro atoms. The van der Waals surface area contributed by atoms with Crippen molar-refractivity contribution in [1.82, 2.24) is 4.90 Å². The van der Waals surface area contributed by atoms with E-state index in [9.17, 15) is 9.18 Å². The van der Waals surface area contributed by atoms with E-state index in [1.807, 2.05) is 0 Å². The number of aliphatic hydroxyl groups is 1. The zero-order valence-corrected chi connectivity index (χ0v) is 12.0. The summed E-state index contributed by atoms with van der Waals surface area (Å²) in [5.74, 6) is 0.335. The van der Waals surface area contributed by atoms with Crippen molar-refractivity contribution in [3.8, 4) is 5.75 Å². The number of nitrogens with zero attached hydrogens (tertiary/aromatic N) is 1. The third-order valence-corrected chi connectivity index (χ3v) is 2.93. The maximum absolute atomic E-state index is 12.7. The van der Waals surface area contributed by atoms with Crippen molar-refractivity contribution < 1.29 is 19.0 Å². The summed E-state index contributed by atoms with van der Waals surface area (Å²) in [5.41, 5.74) is 0. The average molecular weight is 283 g/mol. The van der Waals surface area contributed by atoms with E-state index in [0.717, 1.165) is 0 Å². The number of benzene rings is 1. The molecule has 0 aliphatic rings. The molecule has 0 saturated carbocycles. The van der Waals surface area contributed by atoms with Gasteiger partial charge in [0.05, 0.1) is 12.7 Å². The highest BCUT2D eigenvalue weighted by atomic mass is 19.1. The number of halogens is 1. The standard InChI is InChI=1S/C15H22FNO3/c1-12(18)9-10-17(2)15(19)4-3-11-20-14-7-5-13(16)6-8-14/h5-8,12,18H,3-4,9-11H2,1-2H3. The Labute approximate surface area is 119 Å². The van der Waals surface area contributed by atoms with Gasteiger partial charge in [0.1, 0.15) is 11.6 Å². The second-order valence-corrected chi connectivity index (χ2v) is 4.86. The van der Waals surface area contributed by atoms with Gasteiger partial charge >= 0.3 is 0 Å². The smallest absolute Gasteiger partial charge is 0.222 e. The average Bonchev–Trinajstić information content (AvgIpc) is 2.42. The number of aliphatic hydroxyl groups excluding tert-OH is 1. The van der Waals surface area contributed by atoms with Crippen LogP contribution in [0.4, 0.5) is 4.39 Å². The monoisotopic (exact) mass is 283 g/mol. The topological polar surface area (TPSA) is 49.8 Å². The van der Waals surface area contributed by atoms with E-state index in [2.05, 4.69) is 0 Å². The second-order valence-electron chi connectivity index (χ2n) is 4.86. The number of hydrogen-bond acceptors (Lipinski definition) is 3. The van der Waals surface area contributed by atoms with Crippen LogP contribution in [0.15, 0.2) is 24.3 Å². The van der Waals surface area contributed by atoms with Crippen molar-refractivity contribution in [1.29, 1.82) is 0 Å². The van der Waals surface area contributed by atoms with Gasteiger partial charge in [0, 0.05) is 20.0 Å². The van der Waals surface area contributed by atoms with Crippen LogP contribution in [0.5, 0.6) is 5.75 Å². The molecule has 0 aromatic heterocycles. The van der Waals surface area contributed by atoms with Crippen molar-refractivity contribution in [2.24, 2.45) is 0 Å². The summed E-state index contributed by atoms with van der Waals surface area (Å²) >= 11 is 0. The van der Waals surface area contributed by atoms with Gasteiger partial charge in [-0.05, 0) is 44.0 Å². The highest BCUT2D eigenvalue weighted by Crippen LogP contribution is 2.11. The first-order valence-electron chi connectivity index (χ1n) is 6.79. The molecule has 0 heterocycles. The van der Waals surface area contributed by atoms with Crippen LogP contribution in [0.1, 0.15) is 26.2 Å². The van der Waals surface area contributed by atoms with E-state index < -0.39 is 6.10 Å². The zero-order chi connectivity index (χ0) is 15.0. The number of carbonyl (C=O) groups excluding carboxylic acids is 1. The third kappa shape index (κ3) is 6.52. The molecule has 1 aromatic carbocycles. The van der Waals surface area contributed by atoms with Crippen LogP contribution in [0.3, 0.4) is 0 Å². The van der Waals surface area contributed by atoms with Gasteiger partial charge in [-0.1, -0.05) is 0 Å². The SMILES string of the molecule is CC(O)CCN(C)C(=O)CCCOc1ccc(F)cc1. The molecule has 0 aliphatic carbocycles. The fourth-order valence-corrected chi connectivity index (χ4v) is 1.64. The van der Waals surface area contributed by atoms with Crippen molar-refractivity contribution in [2.45, 2.75) is 32.3 Å². The summed E-state index contributed by atoms with van der Waals surface area (Å²) in [6, 6.07) is 5.80. The predicted molar refractivity (Wildman–Crippen MR) is 75.1 cm³/mol. The molecule has 0 bridgehead atoms. The van der Waals surface area contributed by atoms with Gasteiger partial charge in [-0.15, -0.1) is 0 Å². The molecule has 1 amide bonds. The number of carbonyl (C=O) groups is 1. The van der Waals surface area contributed by atoms with Crippen molar-refractivity contribution in [2.75, 3.05) is 20.2 Å². The lowest BCUT2D eigenvalue weighted by molar-refractivity contribution is -0.130. The number of rotatable bonds is 8. The molecule has 1 atom stereocenters. The fourth-order valence-electron chi connectivity index (χ4n) is 1.64. The molecule has 0 radical (unpaired) electrons. The lowest BCUT2D eigenvalue weighted by Crippen LogP contribution is -2.29. The Morgan fingerprint density at radius 2 is 2.05 bits per heavy atom. The van der Waals surface area contributed by atoms with Crippen LogP contribution in [0, 0.1) is 5.82 Å². The van der Waals surface area contributed by atoms with Crippen molar-refractivity contribution in [3.63, 3.8) is 0 Å². The lowest BCUT2D eigenvalue weighted by atomic mass is 10.2. The quantitative estimate of drug-likeness (QED) is 0.744. The van der Waals surface area contributed by atoms with Gasteiger partial charge in [-0.25, -0.2) is 4.39 Å². The summed E-state index contributed by atoms with van der Waals surface area (Å²) in [6.45, 7) is 2.67. The minimum atomic E-state index is -0.396. The van der Waals surface area contributed by atoms with Crippen molar-refractivity contribution >= 4 is 5.91 Å². The van der Waals surface area contributed by atoms with Gasteiger partial charge in [0.2, 0.25) is 5.91 Å². The summed E-state index contributed by atoms with van der Waals surface area (Å²) in [5, 5.41) is 9.16. The Morgan fingerprint density at radius 1 is 1.40 bits per heavy atom. The first-order valence-corrected chi connectivity index (χ1v) is 6.79. The Balaban J connectivity index is 2.17. The lowest BCUT2D eigenvalue weighted by Gasteiger charge is -2.18. The number of ether oxygens (including phenoxy) is 1. The van der Waals surface area contributed by atoms with Gasteiger partial charge < -0.3 is 14.7 Å². The summed E-state index contributed by atoms with van der Waals surface area (Å²) < 4.78 is 18.1.